The van der Waals surface area contributed by atoms with Crippen LogP contribution in [0.5, 0.6) is 0 Å². The molecule has 0 rings (SSSR count). The van der Waals surface area contributed by atoms with Crippen LogP contribution in [0.25, 0.3) is 0 Å². The largest absolute Gasteiger partial charge is 0.308 e. The Hall–Kier alpha value is -0.550. The minimum atomic E-state index is -0.205. The molecule has 0 aromatic heterocycles. The zero-order chi connectivity index (χ0) is 9.49. The minimum Gasteiger partial charge on any atom is -0.308 e. The Morgan fingerprint density at radius 1 is 1.27 bits per heavy atom. The molecular formula is C9H20N2. The molecule has 0 fully saturated rings. The highest BCUT2D eigenvalue weighted by molar-refractivity contribution is 4.92. The summed E-state index contributed by atoms with van der Waals surface area (Å²) in [6.45, 7) is 8.70. The molecule has 0 aliphatic carbocycles. The molecule has 0 bridgehead atoms. The fourth-order valence-electron chi connectivity index (χ4n) is 0.826. The van der Waals surface area contributed by atoms with Crippen LogP contribution in [0.15, 0.2) is 0 Å². The molecule has 0 spiro atoms. The molecule has 0 aromatic carbocycles. The van der Waals surface area contributed by atoms with Gasteiger partial charge in [0, 0.05) is 6.54 Å². The fourth-order valence-corrected chi connectivity index (χ4v) is 0.826. The molecule has 66 valence electrons. The minimum absolute atomic E-state index is 0.205. The molecule has 0 heterocycles. The maximum absolute atomic E-state index is 8.57. The van der Waals surface area contributed by atoms with Gasteiger partial charge in [0.1, 0.15) is 0 Å². The van der Waals surface area contributed by atoms with E-state index < -0.39 is 0 Å². The van der Waals surface area contributed by atoms with Gasteiger partial charge < -0.3 is 4.90 Å². The van der Waals surface area contributed by atoms with Gasteiger partial charge in [-0.15, -0.1) is 0 Å². The van der Waals surface area contributed by atoms with Crippen LogP contribution in [-0.2, 0) is 0 Å². The van der Waals surface area contributed by atoms with E-state index in [0.29, 0.717) is 0 Å². The van der Waals surface area contributed by atoms with Crippen LogP contribution < -0.4 is 0 Å². The van der Waals surface area contributed by atoms with Gasteiger partial charge in [0.15, 0.2) is 0 Å². The average molecular weight is 156 g/mol. The summed E-state index contributed by atoms with van der Waals surface area (Å²) in [5, 5.41) is 8.57. The number of hydrogen-bond donors (Lipinski definition) is 0. The van der Waals surface area contributed by atoms with Gasteiger partial charge in [-0.05, 0) is 27.9 Å². The molecule has 0 aliphatic rings. The topological polar surface area (TPSA) is 27.0 Å². The van der Waals surface area contributed by atoms with Crippen molar-refractivity contribution in [2.24, 2.45) is 5.41 Å². The van der Waals surface area contributed by atoms with E-state index in [9.17, 15) is 0 Å². The summed E-state index contributed by atoms with van der Waals surface area (Å²) in [7, 11) is 3.94. The van der Waals surface area contributed by atoms with Crippen LogP contribution in [0, 0.1) is 16.7 Å². The van der Waals surface area contributed by atoms with Crippen molar-refractivity contribution >= 4 is 0 Å². The number of hydrogen-bond acceptors (Lipinski definition) is 2. The van der Waals surface area contributed by atoms with E-state index in [1.54, 1.807) is 0 Å². The lowest BCUT2D eigenvalue weighted by atomic mass is 9.96. The third-order valence-electron chi connectivity index (χ3n) is 1.01. The predicted molar refractivity (Wildman–Crippen MR) is 49.3 cm³/mol. The molecule has 2 nitrogen and oxygen atoms in total. The first-order valence-corrected chi connectivity index (χ1v) is 4.04. The van der Waals surface area contributed by atoms with Crippen molar-refractivity contribution in [2.45, 2.75) is 27.7 Å². The highest BCUT2D eigenvalue weighted by Crippen LogP contribution is 2.12. The first-order chi connectivity index (χ1) is 4.98. The van der Waals surface area contributed by atoms with Crippen LogP contribution in [0.1, 0.15) is 27.7 Å². The first kappa shape index (κ1) is 13.1. The van der Waals surface area contributed by atoms with E-state index >= 15 is 0 Å². The highest BCUT2D eigenvalue weighted by Gasteiger charge is 2.16. The molecule has 0 amide bonds. The molecule has 2 heteroatoms. The van der Waals surface area contributed by atoms with Crippen LogP contribution in [-0.4, -0.2) is 25.5 Å². The SMILES string of the molecule is CC.CN(C)CC(C)(C)C#N. The van der Waals surface area contributed by atoms with Crippen LogP contribution in [0.4, 0.5) is 0 Å². The van der Waals surface area contributed by atoms with Crippen LogP contribution >= 0.6 is 0 Å². The molecule has 0 saturated heterocycles. The Labute approximate surface area is 70.8 Å². The summed E-state index contributed by atoms with van der Waals surface area (Å²) in [4.78, 5) is 2.02. The van der Waals surface area contributed by atoms with Crippen molar-refractivity contribution in [1.82, 2.24) is 4.90 Å². The summed E-state index contributed by atoms with van der Waals surface area (Å²) in [5.41, 5.74) is -0.205. The maximum atomic E-state index is 8.57. The van der Waals surface area contributed by atoms with Crippen molar-refractivity contribution in [2.75, 3.05) is 20.6 Å². The molecule has 0 atom stereocenters. The lowest BCUT2D eigenvalue weighted by Crippen LogP contribution is -2.26. The summed E-state index contributed by atoms with van der Waals surface area (Å²) in [5.74, 6) is 0. The summed E-state index contributed by atoms with van der Waals surface area (Å²) >= 11 is 0. The zero-order valence-electron chi connectivity index (χ0n) is 8.60. The quantitative estimate of drug-likeness (QED) is 0.612. The van der Waals surface area contributed by atoms with Crippen molar-refractivity contribution in [3.8, 4) is 6.07 Å². The van der Waals surface area contributed by atoms with E-state index in [1.165, 1.54) is 0 Å². The Morgan fingerprint density at radius 3 is 1.73 bits per heavy atom. The van der Waals surface area contributed by atoms with Gasteiger partial charge in [0.25, 0.3) is 0 Å². The molecular weight excluding hydrogens is 136 g/mol. The third kappa shape index (κ3) is 9.45. The van der Waals surface area contributed by atoms with E-state index in [-0.39, 0.29) is 5.41 Å². The molecule has 0 unspecified atom stereocenters. The van der Waals surface area contributed by atoms with Crippen molar-refractivity contribution < 1.29 is 0 Å². The van der Waals surface area contributed by atoms with Crippen LogP contribution in [0.3, 0.4) is 0 Å². The summed E-state index contributed by atoms with van der Waals surface area (Å²) < 4.78 is 0. The monoisotopic (exact) mass is 156 g/mol. The second-order valence-electron chi connectivity index (χ2n) is 3.23. The van der Waals surface area contributed by atoms with Crippen molar-refractivity contribution in [3.63, 3.8) is 0 Å². The molecule has 0 aliphatic heterocycles. The van der Waals surface area contributed by atoms with Gasteiger partial charge in [0.2, 0.25) is 0 Å². The highest BCUT2D eigenvalue weighted by atomic mass is 15.1. The summed E-state index contributed by atoms with van der Waals surface area (Å²) in [6.07, 6.45) is 0. The molecule has 0 saturated carbocycles. The summed E-state index contributed by atoms with van der Waals surface area (Å²) in [6, 6.07) is 2.23. The predicted octanol–water partition coefficient (Wildman–Crippen LogP) is 2.12. The van der Waals surface area contributed by atoms with Gasteiger partial charge in [-0.25, -0.2) is 0 Å². The Kier molecular flexibility index (Phi) is 7.34. The first-order valence-electron chi connectivity index (χ1n) is 4.04. The normalized spacial score (nSPS) is 10.0. The third-order valence-corrected chi connectivity index (χ3v) is 1.01. The average Bonchev–Trinajstić information content (AvgIpc) is 1.90. The molecule has 0 radical (unpaired) electrons. The zero-order valence-corrected chi connectivity index (χ0v) is 8.60. The lowest BCUT2D eigenvalue weighted by Gasteiger charge is -2.19. The van der Waals surface area contributed by atoms with E-state index in [0.717, 1.165) is 6.54 Å². The van der Waals surface area contributed by atoms with Crippen molar-refractivity contribution in [3.05, 3.63) is 0 Å². The van der Waals surface area contributed by atoms with E-state index in [4.69, 9.17) is 5.26 Å². The molecule has 11 heavy (non-hydrogen) atoms. The number of nitriles is 1. The standard InChI is InChI=1S/C7H14N2.C2H6/c1-7(2,5-8)6-9(3)4;1-2/h6H2,1-4H3;1-2H3. The fraction of sp³-hybridized carbons (Fsp3) is 0.889. The maximum Gasteiger partial charge on any atom is 0.0697 e. The van der Waals surface area contributed by atoms with Gasteiger partial charge >= 0.3 is 0 Å². The van der Waals surface area contributed by atoms with E-state index in [1.807, 2.05) is 46.7 Å². The Bertz CT molecular complexity index is 120. The Morgan fingerprint density at radius 2 is 1.64 bits per heavy atom. The van der Waals surface area contributed by atoms with Gasteiger partial charge in [-0.1, -0.05) is 13.8 Å². The Balaban J connectivity index is 0. The van der Waals surface area contributed by atoms with Gasteiger partial charge in [-0.2, -0.15) is 5.26 Å². The van der Waals surface area contributed by atoms with E-state index in [2.05, 4.69) is 6.07 Å². The molecule has 0 N–H and O–H groups in total. The second kappa shape index (κ2) is 6.18. The molecule has 0 aromatic rings. The number of rotatable bonds is 2. The number of nitrogens with zero attached hydrogens (tertiary/aromatic N) is 2. The smallest absolute Gasteiger partial charge is 0.0697 e. The van der Waals surface area contributed by atoms with Gasteiger partial charge in [-0.3, -0.25) is 0 Å². The van der Waals surface area contributed by atoms with Gasteiger partial charge in [0.05, 0.1) is 11.5 Å². The second-order valence-corrected chi connectivity index (χ2v) is 3.23. The van der Waals surface area contributed by atoms with Crippen LogP contribution in [0.2, 0.25) is 0 Å². The lowest BCUT2D eigenvalue weighted by molar-refractivity contribution is 0.300. The van der Waals surface area contributed by atoms with Crippen molar-refractivity contribution in [1.29, 1.82) is 5.26 Å².